The van der Waals surface area contributed by atoms with E-state index in [2.05, 4.69) is 5.32 Å². The molecule has 0 radical (unpaired) electrons. The quantitative estimate of drug-likeness (QED) is 0.654. The van der Waals surface area contributed by atoms with Gasteiger partial charge in [0.15, 0.2) is 11.5 Å². The number of hydrogen-bond donors (Lipinski definition) is 1. The second kappa shape index (κ2) is 10.8. The maximum atomic E-state index is 13.4. The maximum Gasteiger partial charge on any atom is 0.253 e. The zero-order chi connectivity index (χ0) is 24.9. The Bertz CT molecular complexity index is 1080. The molecule has 1 fully saturated rings. The molecule has 2 aliphatic heterocycles. The maximum absolute atomic E-state index is 13.4. The molecule has 3 amide bonds. The summed E-state index contributed by atoms with van der Waals surface area (Å²) in [5, 5.41) is 2.95. The fourth-order valence-electron chi connectivity index (χ4n) is 4.59. The Labute approximate surface area is 204 Å². The molecule has 186 valence electrons. The second-order valence-corrected chi connectivity index (χ2v) is 8.67. The highest BCUT2D eigenvalue weighted by molar-refractivity contribution is 5.98. The van der Waals surface area contributed by atoms with Crippen molar-refractivity contribution in [2.24, 2.45) is 5.92 Å². The lowest BCUT2D eigenvalue weighted by molar-refractivity contribution is -0.134. The molecule has 4 rings (SSSR count). The summed E-state index contributed by atoms with van der Waals surface area (Å²) in [6.45, 7) is 5.88. The number of likely N-dealkylation sites (N-methyl/N-ethyl adjacent to an activating group) is 1. The van der Waals surface area contributed by atoms with E-state index >= 15 is 0 Å². The van der Waals surface area contributed by atoms with Gasteiger partial charge >= 0.3 is 0 Å². The molecule has 1 unspecified atom stereocenters. The van der Waals surface area contributed by atoms with Crippen LogP contribution >= 0.6 is 0 Å². The van der Waals surface area contributed by atoms with Crippen molar-refractivity contribution >= 4 is 17.7 Å². The zero-order valence-electron chi connectivity index (χ0n) is 20.0. The third-order valence-electron chi connectivity index (χ3n) is 6.65. The van der Waals surface area contributed by atoms with Gasteiger partial charge in [-0.15, -0.1) is 0 Å². The van der Waals surface area contributed by atoms with E-state index in [0.29, 0.717) is 61.6 Å². The molecule has 9 heteroatoms. The predicted molar refractivity (Wildman–Crippen MR) is 127 cm³/mol. The monoisotopic (exact) mass is 483 g/mol. The summed E-state index contributed by atoms with van der Waals surface area (Å²) >= 11 is 0. The van der Waals surface area contributed by atoms with Gasteiger partial charge in [-0.05, 0) is 75.1 Å². The third kappa shape index (κ3) is 5.39. The van der Waals surface area contributed by atoms with Crippen LogP contribution in [0.4, 0.5) is 4.39 Å². The number of ether oxygens (including phenoxy) is 2. The highest BCUT2D eigenvalue weighted by Gasteiger charge is 2.36. The van der Waals surface area contributed by atoms with E-state index in [1.54, 1.807) is 28.0 Å². The molecule has 2 aliphatic rings. The average Bonchev–Trinajstić information content (AvgIpc) is 3.36. The molecule has 8 nitrogen and oxygen atoms in total. The summed E-state index contributed by atoms with van der Waals surface area (Å²) in [7, 11) is 0. The minimum Gasteiger partial charge on any atom is -0.454 e. The number of nitrogens with one attached hydrogen (secondary N) is 1. The Morgan fingerprint density at radius 1 is 1.00 bits per heavy atom. The summed E-state index contributed by atoms with van der Waals surface area (Å²) in [6.07, 6.45) is 1.12. The van der Waals surface area contributed by atoms with Crippen LogP contribution in [-0.2, 0) is 4.79 Å². The highest BCUT2D eigenvalue weighted by Crippen LogP contribution is 2.32. The smallest absolute Gasteiger partial charge is 0.253 e. The van der Waals surface area contributed by atoms with Crippen LogP contribution in [0, 0.1) is 11.7 Å². The number of halogens is 1. The van der Waals surface area contributed by atoms with Crippen molar-refractivity contribution in [3.8, 4) is 11.5 Å². The van der Waals surface area contributed by atoms with Gasteiger partial charge in [0.1, 0.15) is 11.9 Å². The van der Waals surface area contributed by atoms with Crippen LogP contribution in [0.15, 0.2) is 42.5 Å². The molecule has 0 saturated carbocycles. The van der Waals surface area contributed by atoms with Crippen molar-refractivity contribution in [1.29, 1.82) is 0 Å². The molecular weight excluding hydrogens is 453 g/mol. The lowest BCUT2D eigenvalue weighted by Crippen LogP contribution is -2.54. The van der Waals surface area contributed by atoms with E-state index in [1.807, 2.05) is 13.8 Å². The van der Waals surface area contributed by atoms with Crippen LogP contribution in [0.2, 0.25) is 0 Å². The van der Waals surface area contributed by atoms with Gasteiger partial charge in [-0.3, -0.25) is 14.4 Å². The van der Waals surface area contributed by atoms with E-state index in [9.17, 15) is 18.8 Å². The van der Waals surface area contributed by atoms with Gasteiger partial charge in [0.05, 0.1) is 0 Å². The van der Waals surface area contributed by atoms with Crippen LogP contribution in [0.3, 0.4) is 0 Å². The van der Waals surface area contributed by atoms with Gasteiger partial charge in [0.25, 0.3) is 11.8 Å². The van der Waals surface area contributed by atoms with Gasteiger partial charge < -0.3 is 24.6 Å². The number of fused-ring (bicyclic) bond motifs is 1. The van der Waals surface area contributed by atoms with Crippen molar-refractivity contribution < 1.29 is 28.2 Å². The van der Waals surface area contributed by atoms with E-state index in [1.165, 1.54) is 24.3 Å². The third-order valence-corrected chi connectivity index (χ3v) is 6.65. The topological polar surface area (TPSA) is 88.2 Å². The summed E-state index contributed by atoms with van der Waals surface area (Å²) in [5.41, 5.74) is 0.812. The minimum absolute atomic E-state index is 0.110. The molecule has 0 bridgehead atoms. The van der Waals surface area contributed by atoms with Crippen molar-refractivity contribution in [2.75, 3.05) is 33.0 Å². The normalized spacial score (nSPS) is 16.0. The second-order valence-electron chi connectivity index (χ2n) is 8.67. The first-order valence-corrected chi connectivity index (χ1v) is 11.9. The molecule has 2 aromatic carbocycles. The van der Waals surface area contributed by atoms with E-state index in [-0.39, 0.29) is 30.4 Å². The van der Waals surface area contributed by atoms with Gasteiger partial charge in [0, 0.05) is 37.3 Å². The number of carbonyl (C=O) groups excluding carboxylic acids is 3. The van der Waals surface area contributed by atoms with Gasteiger partial charge in [-0.1, -0.05) is 0 Å². The van der Waals surface area contributed by atoms with E-state index in [0.717, 1.165) is 0 Å². The average molecular weight is 484 g/mol. The molecule has 0 spiro atoms. The van der Waals surface area contributed by atoms with Crippen molar-refractivity contribution in [1.82, 2.24) is 15.1 Å². The molecule has 0 aromatic heterocycles. The first-order chi connectivity index (χ1) is 16.9. The van der Waals surface area contributed by atoms with Crippen molar-refractivity contribution in [2.45, 2.75) is 32.7 Å². The molecule has 35 heavy (non-hydrogen) atoms. The Balaban J connectivity index is 1.47. The molecule has 2 heterocycles. The van der Waals surface area contributed by atoms with E-state index < -0.39 is 11.9 Å². The van der Waals surface area contributed by atoms with E-state index in [4.69, 9.17) is 9.47 Å². The van der Waals surface area contributed by atoms with Crippen molar-refractivity contribution in [3.05, 3.63) is 59.4 Å². The van der Waals surface area contributed by atoms with Crippen molar-refractivity contribution in [3.63, 3.8) is 0 Å². The summed E-state index contributed by atoms with van der Waals surface area (Å²) in [6, 6.07) is 9.71. The van der Waals surface area contributed by atoms with Crippen LogP contribution in [0.5, 0.6) is 11.5 Å². The van der Waals surface area contributed by atoms with Gasteiger partial charge in [0.2, 0.25) is 12.7 Å². The number of likely N-dealkylation sites (tertiary alicyclic amines) is 1. The van der Waals surface area contributed by atoms with Crippen LogP contribution < -0.4 is 14.8 Å². The SMILES string of the molecule is CCN(CC)C(=O)C(NC(=O)c1ccc2c(c1)OCO2)C1CCN(C(=O)c2ccc(F)cc2)CC1. The fourth-order valence-corrected chi connectivity index (χ4v) is 4.59. The molecular formula is C26H30FN3O5. The standard InChI is InChI=1S/C26H30FN3O5/c1-3-29(4-2)26(33)23(28-24(31)19-7-10-21-22(15-19)35-16-34-21)17-11-13-30(14-12-17)25(32)18-5-8-20(27)9-6-18/h5-10,15,17,23H,3-4,11-14,16H2,1-2H3,(H,28,31). The molecule has 0 aliphatic carbocycles. The number of carbonyl (C=O) groups is 3. The Kier molecular flexibility index (Phi) is 7.53. The van der Waals surface area contributed by atoms with Crippen LogP contribution in [-0.4, -0.2) is 66.5 Å². The minimum atomic E-state index is -0.712. The first kappa shape index (κ1) is 24.5. The summed E-state index contributed by atoms with van der Waals surface area (Å²) in [5.74, 6) is -0.104. The lowest BCUT2D eigenvalue weighted by Gasteiger charge is -2.37. The number of amides is 3. The molecule has 1 N–H and O–H groups in total. The van der Waals surface area contributed by atoms with Crippen LogP contribution in [0.25, 0.3) is 0 Å². The fraction of sp³-hybridized carbons (Fsp3) is 0.423. The van der Waals surface area contributed by atoms with Crippen LogP contribution in [0.1, 0.15) is 47.4 Å². The zero-order valence-corrected chi connectivity index (χ0v) is 20.0. The Hall–Kier alpha value is -3.62. The summed E-state index contributed by atoms with van der Waals surface area (Å²) < 4.78 is 23.9. The molecule has 1 atom stereocenters. The Morgan fingerprint density at radius 3 is 2.29 bits per heavy atom. The Morgan fingerprint density at radius 2 is 1.63 bits per heavy atom. The number of hydrogen-bond acceptors (Lipinski definition) is 5. The number of nitrogens with zero attached hydrogens (tertiary/aromatic N) is 2. The number of benzene rings is 2. The summed E-state index contributed by atoms with van der Waals surface area (Å²) in [4.78, 5) is 42.7. The number of rotatable bonds is 7. The number of piperidine rings is 1. The predicted octanol–water partition coefficient (Wildman–Crippen LogP) is 3.07. The van der Waals surface area contributed by atoms with Gasteiger partial charge in [-0.25, -0.2) is 4.39 Å². The molecule has 2 aromatic rings. The highest BCUT2D eigenvalue weighted by atomic mass is 19.1. The first-order valence-electron chi connectivity index (χ1n) is 11.9. The lowest BCUT2D eigenvalue weighted by atomic mass is 9.87. The largest absolute Gasteiger partial charge is 0.454 e. The molecule has 1 saturated heterocycles. The van der Waals surface area contributed by atoms with Gasteiger partial charge in [-0.2, -0.15) is 0 Å².